The number of aliphatic hydroxyl groups excluding tert-OH is 1. The molecule has 2 rings (SSSR count). The zero-order valence-corrected chi connectivity index (χ0v) is 12.7. The minimum atomic E-state index is 0.193. The van der Waals surface area contributed by atoms with Crippen LogP contribution in [-0.2, 0) is 6.54 Å². The summed E-state index contributed by atoms with van der Waals surface area (Å²) in [6.07, 6.45) is 5.92. The minimum Gasteiger partial charge on any atom is -0.395 e. The zero-order valence-electron chi connectivity index (χ0n) is 11.9. The molecule has 2 aromatic rings. The van der Waals surface area contributed by atoms with E-state index in [1.165, 1.54) is 0 Å². The van der Waals surface area contributed by atoms with E-state index in [2.05, 4.69) is 17.3 Å². The van der Waals surface area contributed by atoms with E-state index in [1.54, 1.807) is 11.8 Å². The standard InChI is InChI=1S/C15H21N3OS/c1-12(15(11-19)20-2)16-8-13-9-17-18(10-13)14-6-4-3-5-7-14/h3-7,9-10,12,15-16,19H,8,11H2,1-2H3. The number of aromatic nitrogens is 2. The van der Waals surface area contributed by atoms with Crippen molar-refractivity contribution in [2.75, 3.05) is 12.9 Å². The van der Waals surface area contributed by atoms with Gasteiger partial charge in [-0.25, -0.2) is 4.68 Å². The summed E-state index contributed by atoms with van der Waals surface area (Å²) in [6, 6.07) is 10.3. The van der Waals surface area contributed by atoms with Gasteiger partial charge in [0.05, 0.1) is 18.5 Å². The molecule has 0 amide bonds. The van der Waals surface area contributed by atoms with Gasteiger partial charge in [0, 0.05) is 29.6 Å². The second-order valence-electron chi connectivity index (χ2n) is 4.76. The number of nitrogens with zero attached hydrogens (tertiary/aromatic N) is 2. The monoisotopic (exact) mass is 291 g/mol. The van der Waals surface area contributed by atoms with E-state index in [0.29, 0.717) is 0 Å². The number of aliphatic hydroxyl groups is 1. The predicted molar refractivity (Wildman–Crippen MR) is 84.3 cm³/mol. The van der Waals surface area contributed by atoms with Crippen molar-refractivity contribution in [1.29, 1.82) is 0 Å². The summed E-state index contributed by atoms with van der Waals surface area (Å²) in [4.78, 5) is 0. The first kappa shape index (κ1) is 15.1. The fraction of sp³-hybridized carbons (Fsp3) is 0.400. The van der Waals surface area contributed by atoms with Crippen molar-refractivity contribution in [3.63, 3.8) is 0 Å². The molecule has 20 heavy (non-hydrogen) atoms. The largest absolute Gasteiger partial charge is 0.395 e. The van der Waals surface area contributed by atoms with Crippen molar-refractivity contribution >= 4 is 11.8 Å². The smallest absolute Gasteiger partial charge is 0.0645 e. The predicted octanol–water partition coefficient (Wildman–Crippen LogP) is 2.07. The maximum absolute atomic E-state index is 9.27. The highest BCUT2D eigenvalue weighted by atomic mass is 32.2. The summed E-state index contributed by atoms with van der Waals surface area (Å²) in [5.74, 6) is 0. The zero-order chi connectivity index (χ0) is 14.4. The van der Waals surface area contributed by atoms with Crippen LogP contribution in [0.2, 0.25) is 0 Å². The number of thioether (sulfide) groups is 1. The maximum atomic E-state index is 9.27. The Balaban J connectivity index is 1.94. The van der Waals surface area contributed by atoms with Gasteiger partial charge in [-0.1, -0.05) is 18.2 Å². The SMILES string of the molecule is CSC(CO)C(C)NCc1cnn(-c2ccccc2)c1. The highest BCUT2D eigenvalue weighted by Gasteiger charge is 2.14. The molecule has 2 unspecified atom stereocenters. The molecule has 4 nitrogen and oxygen atoms in total. The number of hydrogen-bond donors (Lipinski definition) is 2. The molecular formula is C15H21N3OS. The number of rotatable bonds is 7. The van der Waals surface area contributed by atoms with E-state index < -0.39 is 0 Å². The number of para-hydroxylation sites is 1. The molecule has 5 heteroatoms. The summed E-state index contributed by atoms with van der Waals surface area (Å²) in [5, 5.41) is 17.3. The van der Waals surface area contributed by atoms with Crippen molar-refractivity contribution in [2.24, 2.45) is 0 Å². The molecule has 0 saturated carbocycles. The van der Waals surface area contributed by atoms with Crippen LogP contribution in [0, 0.1) is 0 Å². The van der Waals surface area contributed by atoms with Crippen LogP contribution >= 0.6 is 11.8 Å². The number of hydrogen-bond acceptors (Lipinski definition) is 4. The van der Waals surface area contributed by atoms with Crippen molar-refractivity contribution in [1.82, 2.24) is 15.1 Å². The van der Waals surface area contributed by atoms with Crippen molar-refractivity contribution in [2.45, 2.75) is 24.8 Å². The van der Waals surface area contributed by atoms with Crippen molar-refractivity contribution in [3.05, 3.63) is 48.3 Å². The molecule has 0 aliphatic rings. The molecule has 2 N–H and O–H groups in total. The first-order chi connectivity index (χ1) is 9.74. The Hall–Kier alpha value is -1.30. The number of benzene rings is 1. The molecule has 0 spiro atoms. The van der Waals surface area contributed by atoms with Crippen LogP contribution in [0.15, 0.2) is 42.7 Å². The first-order valence-electron chi connectivity index (χ1n) is 6.70. The second-order valence-corrected chi connectivity index (χ2v) is 5.83. The summed E-state index contributed by atoms with van der Waals surface area (Å²) < 4.78 is 1.87. The van der Waals surface area contributed by atoms with Crippen LogP contribution in [0.4, 0.5) is 0 Å². The molecule has 1 heterocycles. The van der Waals surface area contributed by atoms with Crippen LogP contribution in [0.3, 0.4) is 0 Å². The highest BCUT2D eigenvalue weighted by molar-refractivity contribution is 7.99. The van der Waals surface area contributed by atoms with Gasteiger partial charge in [0.2, 0.25) is 0 Å². The molecule has 1 aromatic carbocycles. The third-order valence-electron chi connectivity index (χ3n) is 3.33. The summed E-state index contributed by atoms with van der Waals surface area (Å²) >= 11 is 1.68. The van der Waals surface area contributed by atoms with Gasteiger partial charge in [-0.3, -0.25) is 0 Å². The highest BCUT2D eigenvalue weighted by Crippen LogP contribution is 2.12. The van der Waals surface area contributed by atoms with Crippen LogP contribution in [0.1, 0.15) is 12.5 Å². The van der Waals surface area contributed by atoms with Gasteiger partial charge in [0.15, 0.2) is 0 Å². The Labute approximate surface area is 124 Å². The molecule has 0 saturated heterocycles. The molecular weight excluding hydrogens is 270 g/mol. The Morgan fingerprint density at radius 3 is 2.75 bits per heavy atom. The van der Waals surface area contributed by atoms with E-state index in [-0.39, 0.29) is 17.9 Å². The van der Waals surface area contributed by atoms with E-state index in [1.807, 2.05) is 53.7 Å². The average Bonchev–Trinajstić information content (AvgIpc) is 2.96. The van der Waals surface area contributed by atoms with Crippen LogP contribution in [0.5, 0.6) is 0 Å². The van der Waals surface area contributed by atoms with E-state index in [9.17, 15) is 5.11 Å². The summed E-state index contributed by atoms with van der Waals surface area (Å²) in [5.41, 5.74) is 2.20. The molecule has 0 aliphatic heterocycles. The molecule has 108 valence electrons. The number of nitrogens with one attached hydrogen (secondary N) is 1. The topological polar surface area (TPSA) is 50.1 Å². The van der Waals surface area contributed by atoms with Gasteiger partial charge in [0.1, 0.15) is 0 Å². The average molecular weight is 291 g/mol. The van der Waals surface area contributed by atoms with Crippen molar-refractivity contribution < 1.29 is 5.11 Å². The van der Waals surface area contributed by atoms with Gasteiger partial charge in [-0.2, -0.15) is 16.9 Å². The van der Waals surface area contributed by atoms with Gasteiger partial charge in [-0.05, 0) is 25.3 Å². The lowest BCUT2D eigenvalue weighted by molar-refractivity contribution is 0.276. The van der Waals surface area contributed by atoms with E-state index in [0.717, 1.165) is 17.8 Å². The van der Waals surface area contributed by atoms with Gasteiger partial charge in [0.25, 0.3) is 0 Å². The first-order valence-corrected chi connectivity index (χ1v) is 7.99. The van der Waals surface area contributed by atoms with E-state index in [4.69, 9.17) is 0 Å². The van der Waals surface area contributed by atoms with E-state index >= 15 is 0 Å². The van der Waals surface area contributed by atoms with Crippen molar-refractivity contribution in [3.8, 4) is 5.69 Å². The third kappa shape index (κ3) is 3.85. The Bertz CT molecular complexity index is 511. The molecule has 0 radical (unpaired) electrons. The lowest BCUT2D eigenvalue weighted by Crippen LogP contribution is -2.36. The minimum absolute atomic E-state index is 0.193. The molecule has 0 bridgehead atoms. The lowest BCUT2D eigenvalue weighted by Gasteiger charge is -2.20. The molecule has 2 atom stereocenters. The van der Waals surface area contributed by atoms with Gasteiger partial charge in [-0.15, -0.1) is 0 Å². The van der Waals surface area contributed by atoms with Crippen LogP contribution < -0.4 is 5.32 Å². The second kappa shape index (κ2) is 7.47. The molecule has 1 aromatic heterocycles. The van der Waals surface area contributed by atoms with Crippen LogP contribution in [-0.4, -0.2) is 39.0 Å². The summed E-state index contributed by atoms with van der Waals surface area (Å²) in [6.45, 7) is 3.04. The Morgan fingerprint density at radius 1 is 1.35 bits per heavy atom. The Morgan fingerprint density at radius 2 is 2.10 bits per heavy atom. The lowest BCUT2D eigenvalue weighted by atomic mass is 10.2. The van der Waals surface area contributed by atoms with Gasteiger partial charge < -0.3 is 10.4 Å². The fourth-order valence-corrected chi connectivity index (χ4v) is 2.67. The van der Waals surface area contributed by atoms with Gasteiger partial charge >= 0.3 is 0 Å². The maximum Gasteiger partial charge on any atom is 0.0645 e. The molecule has 0 aliphatic carbocycles. The molecule has 0 fully saturated rings. The van der Waals surface area contributed by atoms with Crippen LogP contribution in [0.25, 0.3) is 5.69 Å². The quantitative estimate of drug-likeness (QED) is 0.820. The Kier molecular flexibility index (Phi) is 5.64. The fourth-order valence-electron chi connectivity index (χ4n) is 2.02. The third-order valence-corrected chi connectivity index (χ3v) is 4.49. The summed E-state index contributed by atoms with van der Waals surface area (Å²) in [7, 11) is 0. The normalized spacial score (nSPS) is 14.2.